The van der Waals surface area contributed by atoms with Gasteiger partial charge in [-0.3, -0.25) is 0 Å². The second-order valence-corrected chi connectivity index (χ2v) is 15.8. The van der Waals surface area contributed by atoms with E-state index in [0.29, 0.717) is 6.42 Å². The van der Waals surface area contributed by atoms with Crippen molar-refractivity contribution in [3.8, 4) is 0 Å². The van der Waals surface area contributed by atoms with Crippen molar-refractivity contribution in [3.05, 3.63) is 0 Å². The van der Waals surface area contributed by atoms with Gasteiger partial charge in [0.25, 0.3) is 0 Å². The molecule has 4 nitrogen and oxygen atoms in total. The number of hydrogen-bond donors (Lipinski definition) is 0. The summed E-state index contributed by atoms with van der Waals surface area (Å²) in [4.78, 5) is 0. The van der Waals surface area contributed by atoms with Crippen molar-refractivity contribution in [1.82, 2.24) is 0 Å². The van der Waals surface area contributed by atoms with Crippen LogP contribution in [-0.2, 0) is 18.9 Å². The van der Waals surface area contributed by atoms with Crippen LogP contribution in [0.2, 0.25) is 0 Å². The summed E-state index contributed by atoms with van der Waals surface area (Å²) >= 11 is 0. The Hall–Kier alpha value is -1.35. The molecule has 0 bridgehead atoms. The first-order valence-electron chi connectivity index (χ1n) is 15.1. The zero-order valence-electron chi connectivity index (χ0n) is 29.6. The summed E-state index contributed by atoms with van der Waals surface area (Å²) < 4.78 is 252. The van der Waals surface area contributed by atoms with E-state index in [-0.39, 0.29) is 25.0 Å². The highest BCUT2D eigenvalue weighted by Gasteiger charge is 2.95. The number of halogens is 17. The molecule has 0 saturated heterocycles. The van der Waals surface area contributed by atoms with E-state index < -0.39 is 90.2 Å². The Balaban J connectivity index is 6.25. The van der Waals surface area contributed by atoms with Gasteiger partial charge in [0.05, 0.1) is 31.0 Å². The van der Waals surface area contributed by atoms with Crippen LogP contribution in [0.1, 0.15) is 82.1 Å². The molecular formula is C30H45F17O4. The summed E-state index contributed by atoms with van der Waals surface area (Å²) in [6.07, 6.45) is -8.59. The fourth-order valence-electron chi connectivity index (χ4n) is 4.57. The number of ether oxygens (including phenoxy) is 4. The monoisotopic (exact) mass is 792 g/mol. The Morgan fingerprint density at radius 2 is 0.882 bits per heavy atom. The predicted molar refractivity (Wildman–Crippen MR) is 149 cm³/mol. The van der Waals surface area contributed by atoms with E-state index in [1.54, 1.807) is 48.5 Å². The van der Waals surface area contributed by atoms with Crippen molar-refractivity contribution in [3.63, 3.8) is 0 Å². The van der Waals surface area contributed by atoms with Crippen LogP contribution >= 0.6 is 0 Å². The summed E-state index contributed by atoms with van der Waals surface area (Å²) in [6.45, 7) is 12.6. The topological polar surface area (TPSA) is 36.9 Å². The van der Waals surface area contributed by atoms with E-state index >= 15 is 0 Å². The van der Waals surface area contributed by atoms with Crippen LogP contribution in [0, 0.1) is 10.8 Å². The molecule has 1 unspecified atom stereocenters. The van der Waals surface area contributed by atoms with Gasteiger partial charge in [-0.2, -0.15) is 74.6 Å². The molecule has 0 spiro atoms. The number of alkyl halides is 17. The lowest BCUT2D eigenvalue weighted by Gasteiger charge is -2.42. The lowest BCUT2D eigenvalue weighted by atomic mass is 9.77. The predicted octanol–water partition coefficient (Wildman–Crippen LogP) is 10.9. The Bertz CT molecular complexity index is 1110. The van der Waals surface area contributed by atoms with Crippen LogP contribution in [0.15, 0.2) is 0 Å². The van der Waals surface area contributed by atoms with Crippen molar-refractivity contribution in [2.45, 2.75) is 147 Å². The van der Waals surface area contributed by atoms with Gasteiger partial charge < -0.3 is 18.9 Å². The van der Waals surface area contributed by atoms with Gasteiger partial charge >= 0.3 is 47.6 Å². The molecule has 308 valence electrons. The van der Waals surface area contributed by atoms with E-state index in [1.807, 2.05) is 20.8 Å². The third-order valence-corrected chi connectivity index (χ3v) is 6.99. The second kappa shape index (κ2) is 15.4. The third-order valence-electron chi connectivity index (χ3n) is 6.99. The van der Waals surface area contributed by atoms with Crippen LogP contribution in [0.5, 0.6) is 0 Å². The van der Waals surface area contributed by atoms with Gasteiger partial charge in [0.2, 0.25) is 0 Å². The Labute approximate surface area is 285 Å². The average molecular weight is 793 g/mol. The maximum atomic E-state index is 14.4. The minimum atomic E-state index is -8.69. The molecule has 0 radical (unpaired) electrons. The Morgan fingerprint density at radius 3 is 1.27 bits per heavy atom. The SMILES string of the molecule is CC(C)(C)CC(C)(C)COC(COCC(F)(F)C(F)(F)C(F)(F)C(F)(F)C(F)(F)C(F)(F)C(F)(F)C(F)(F)F)COC(C)(C)CCOC(C)(C)C. The normalized spacial score (nSPS) is 16.5. The highest BCUT2D eigenvalue weighted by atomic mass is 19.4. The minimum Gasteiger partial charge on any atom is -0.376 e. The van der Waals surface area contributed by atoms with Crippen LogP contribution < -0.4 is 0 Å². The Kier molecular flexibility index (Phi) is 15.0. The standard InChI is InChI=1S/C30H45F17O4/c1-19(2,3)15-21(7,8)16-49-18(14-51-22(9,10)11-12-50-20(4,5)6)13-48-17-23(31,32)24(33,34)25(35,36)26(37,38)27(39,40)28(41,42)29(43,44)30(45,46)47/h18H,11-17H2,1-10H3. The molecule has 0 saturated carbocycles. The Morgan fingerprint density at radius 1 is 0.471 bits per heavy atom. The van der Waals surface area contributed by atoms with E-state index in [4.69, 9.17) is 14.2 Å². The fourth-order valence-corrected chi connectivity index (χ4v) is 4.57. The van der Waals surface area contributed by atoms with Gasteiger partial charge in [-0.25, -0.2) is 0 Å². The molecular weight excluding hydrogens is 747 g/mol. The second-order valence-electron chi connectivity index (χ2n) is 15.8. The zero-order chi connectivity index (χ0) is 41.4. The summed E-state index contributed by atoms with van der Waals surface area (Å²) in [5.74, 6) is -57.0. The number of hydrogen-bond acceptors (Lipinski definition) is 4. The fraction of sp³-hybridized carbons (Fsp3) is 1.00. The molecule has 0 aromatic heterocycles. The molecule has 1 atom stereocenters. The van der Waals surface area contributed by atoms with Crippen molar-refractivity contribution < 1.29 is 93.6 Å². The van der Waals surface area contributed by atoms with Gasteiger partial charge in [0.1, 0.15) is 12.7 Å². The van der Waals surface area contributed by atoms with Crippen LogP contribution in [0.4, 0.5) is 74.6 Å². The molecule has 21 heteroatoms. The molecule has 0 aliphatic carbocycles. The first-order valence-corrected chi connectivity index (χ1v) is 15.1. The smallest absolute Gasteiger partial charge is 0.376 e. The van der Waals surface area contributed by atoms with Crippen LogP contribution in [0.25, 0.3) is 0 Å². The van der Waals surface area contributed by atoms with Gasteiger partial charge in [-0.1, -0.05) is 34.6 Å². The maximum absolute atomic E-state index is 14.4. The van der Waals surface area contributed by atoms with Gasteiger partial charge in [0.15, 0.2) is 0 Å². The molecule has 0 fully saturated rings. The van der Waals surface area contributed by atoms with Crippen LogP contribution in [0.3, 0.4) is 0 Å². The summed E-state index contributed by atoms with van der Waals surface area (Å²) in [6, 6.07) is 0. The van der Waals surface area contributed by atoms with Crippen molar-refractivity contribution in [2.24, 2.45) is 10.8 Å². The lowest BCUT2D eigenvalue weighted by molar-refractivity contribution is -0.462. The zero-order valence-corrected chi connectivity index (χ0v) is 29.6. The highest BCUT2D eigenvalue weighted by Crippen LogP contribution is 2.64. The van der Waals surface area contributed by atoms with E-state index in [0.717, 1.165) is 0 Å². The van der Waals surface area contributed by atoms with Gasteiger partial charge in [-0.15, -0.1) is 0 Å². The van der Waals surface area contributed by atoms with E-state index in [2.05, 4.69) is 4.74 Å². The first-order chi connectivity index (χ1) is 21.9. The minimum absolute atomic E-state index is 0.149. The molecule has 0 rings (SSSR count). The van der Waals surface area contributed by atoms with E-state index in [9.17, 15) is 74.6 Å². The van der Waals surface area contributed by atoms with Gasteiger partial charge in [0, 0.05) is 6.61 Å². The first kappa shape index (κ1) is 49.6. The average Bonchev–Trinajstić information content (AvgIpc) is 2.86. The third kappa shape index (κ3) is 11.8. The summed E-state index contributed by atoms with van der Waals surface area (Å²) in [5.41, 5.74) is -2.52. The maximum Gasteiger partial charge on any atom is 0.460 e. The molecule has 0 heterocycles. The highest BCUT2D eigenvalue weighted by molar-refractivity contribution is 5.15. The lowest BCUT2D eigenvalue weighted by Crippen LogP contribution is -2.74. The molecule has 0 aromatic rings. The summed E-state index contributed by atoms with van der Waals surface area (Å²) in [5, 5.41) is 0. The largest absolute Gasteiger partial charge is 0.460 e. The van der Waals surface area contributed by atoms with Crippen molar-refractivity contribution in [1.29, 1.82) is 0 Å². The number of rotatable bonds is 20. The quantitative estimate of drug-likeness (QED) is 0.115. The molecule has 0 N–H and O–H groups in total. The van der Waals surface area contributed by atoms with Crippen molar-refractivity contribution in [2.75, 3.05) is 33.0 Å². The van der Waals surface area contributed by atoms with E-state index in [1.165, 1.54) is 0 Å². The molecule has 0 aliphatic heterocycles. The molecule has 0 aliphatic rings. The molecule has 51 heavy (non-hydrogen) atoms. The van der Waals surface area contributed by atoms with Crippen molar-refractivity contribution >= 4 is 0 Å². The van der Waals surface area contributed by atoms with Gasteiger partial charge in [-0.05, 0) is 58.3 Å². The molecule has 0 aromatic carbocycles. The molecule has 0 amide bonds. The van der Waals surface area contributed by atoms with Crippen LogP contribution in [-0.4, -0.2) is 98.0 Å². The summed E-state index contributed by atoms with van der Waals surface area (Å²) in [7, 11) is 0.